The number of halogens is 3. The van der Waals surface area contributed by atoms with Gasteiger partial charge in [-0.2, -0.15) is 4.98 Å². The summed E-state index contributed by atoms with van der Waals surface area (Å²) < 4.78 is 32.1. The SMILES string of the molecule is Fc1ccc(N2CCOc3cnc(Cl)nc32)c(F)c1. The van der Waals surface area contributed by atoms with Crippen LogP contribution in [0.3, 0.4) is 0 Å². The molecule has 1 aliphatic heterocycles. The summed E-state index contributed by atoms with van der Waals surface area (Å²) in [5, 5.41) is 0.0387. The minimum atomic E-state index is -0.664. The lowest BCUT2D eigenvalue weighted by Gasteiger charge is -2.29. The van der Waals surface area contributed by atoms with Crippen LogP contribution in [0, 0.1) is 11.6 Å². The van der Waals surface area contributed by atoms with E-state index in [1.165, 1.54) is 18.3 Å². The van der Waals surface area contributed by atoms with Gasteiger partial charge in [-0.3, -0.25) is 0 Å². The van der Waals surface area contributed by atoms with Crippen LogP contribution < -0.4 is 9.64 Å². The van der Waals surface area contributed by atoms with Crippen molar-refractivity contribution in [3.63, 3.8) is 0 Å². The molecule has 0 amide bonds. The molecule has 2 heterocycles. The van der Waals surface area contributed by atoms with E-state index in [1.807, 2.05) is 0 Å². The summed E-state index contributed by atoms with van der Waals surface area (Å²) in [7, 11) is 0. The first kappa shape index (κ1) is 12.1. The molecule has 0 bridgehead atoms. The van der Waals surface area contributed by atoms with Crippen molar-refractivity contribution in [1.82, 2.24) is 9.97 Å². The van der Waals surface area contributed by atoms with E-state index < -0.39 is 11.6 Å². The van der Waals surface area contributed by atoms with Crippen LogP contribution in [0.1, 0.15) is 0 Å². The second-order valence-corrected chi connectivity index (χ2v) is 4.26. The van der Waals surface area contributed by atoms with Gasteiger partial charge in [0.2, 0.25) is 5.28 Å². The molecule has 0 unspecified atom stereocenters. The predicted octanol–water partition coefficient (Wildman–Crippen LogP) is 2.94. The highest BCUT2D eigenvalue weighted by Gasteiger charge is 2.24. The minimum Gasteiger partial charge on any atom is -0.486 e. The summed E-state index contributed by atoms with van der Waals surface area (Å²) in [5.41, 5.74) is 0.223. The molecule has 19 heavy (non-hydrogen) atoms. The Kier molecular flexibility index (Phi) is 2.94. The molecule has 7 heteroatoms. The normalized spacial score (nSPS) is 13.9. The smallest absolute Gasteiger partial charge is 0.224 e. The summed E-state index contributed by atoms with van der Waals surface area (Å²) in [5.74, 6) is -0.505. The van der Waals surface area contributed by atoms with Crippen LogP contribution in [0.15, 0.2) is 24.4 Å². The molecule has 0 aliphatic carbocycles. The van der Waals surface area contributed by atoms with E-state index in [0.29, 0.717) is 24.7 Å². The minimum absolute atomic E-state index is 0.0387. The Bertz CT molecular complexity index is 638. The predicted molar refractivity (Wildman–Crippen MR) is 65.9 cm³/mol. The Morgan fingerprint density at radius 3 is 2.95 bits per heavy atom. The van der Waals surface area contributed by atoms with Gasteiger partial charge in [0.15, 0.2) is 11.6 Å². The lowest BCUT2D eigenvalue weighted by atomic mass is 10.2. The van der Waals surface area contributed by atoms with Crippen molar-refractivity contribution in [1.29, 1.82) is 0 Å². The van der Waals surface area contributed by atoms with Crippen LogP contribution in [0.2, 0.25) is 5.28 Å². The molecule has 1 aromatic heterocycles. The van der Waals surface area contributed by atoms with Crippen molar-refractivity contribution in [2.45, 2.75) is 0 Å². The molecule has 0 atom stereocenters. The number of ether oxygens (including phenoxy) is 1. The second kappa shape index (κ2) is 4.62. The van der Waals surface area contributed by atoms with Crippen molar-refractivity contribution < 1.29 is 13.5 Å². The van der Waals surface area contributed by atoms with Crippen LogP contribution in [0.25, 0.3) is 0 Å². The van der Waals surface area contributed by atoms with Crippen LogP contribution >= 0.6 is 11.6 Å². The zero-order valence-electron chi connectivity index (χ0n) is 9.61. The zero-order valence-corrected chi connectivity index (χ0v) is 10.4. The zero-order chi connectivity index (χ0) is 13.4. The molecule has 0 radical (unpaired) electrons. The molecule has 3 rings (SSSR count). The van der Waals surface area contributed by atoms with Crippen LogP contribution in [-0.4, -0.2) is 23.1 Å². The van der Waals surface area contributed by atoms with Gasteiger partial charge in [0.1, 0.15) is 18.2 Å². The highest BCUT2D eigenvalue weighted by Crippen LogP contribution is 2.36. The van der Waals surface area contributed by atoms with Gasteiger partial charge in [-0.25, -0.2) is 13.8 Å². The fourth-order valence-electron chi connectivity index (χ4n) is 1.92. The Morgan fingerprint density at radius 2 is 2.16 bits per heavy atom. The van der Waals surface area contributed by atoms with Crippen molar-refractivity contribution in [3.8, 4) is 5.75 Å². The molecule has 0 saturated heterocycles. The van der Waals surface area contributed by atoms with E-state index in [4.69, 9.17) is 16.3 Å². The fraction of sp³-hybridized carbons (Fsp3) is 0.167. The van der Waals surface area contributed by atoms with E-state index in [2.05, 4.69) is 9.97 Å². The number of aromatic nitrogens is 2. The van der Waals surface area contributed by atoms with E-state index in [-0.39, 0.29) is 11.0 Å². The molecular formula is C12H8ClF2N3O. The molecule has 0 saturated carbocycles. The largest absolute Gasteiger partial charge is 0.486 e. The molecule has 2 aromatic rings. The lowest BCUT2D eigenvalue weighted by Crippen LogP contribution is -2.30. The van der Waals surface area contributed by atoms with Crippen molar-refractivity contribution in [3.05, 3.63) is 41.3 Å². The molecule has 1 aromatic carbocycles. The average molecular weight is 284 g/mol. The van der Waals surface area contributed by atoms with Crippen LogP contribution in [-0.2, 0) is 0 Å². The molecule has 0 N–H and O–H groups in total. The first-order chi connectivity index (χ1) is 9.15. The van der Waals surface area contributed by atoms with E-state index in [0.717, 1.165) is 6.07 Å². The molecule has 0 fully saturated rings. The maximum absolute atomic E-state index is 13.8. The second-order valence-electron chi connectivity index (χ2n) is 3.92. The van der Waals surface area contributed by atoms with Crippen molar-refractivity contribution in [2.75, 3.05) is 18.1 Å². The van der Waals surface area contributed by atoms with Gasteiger partial charge in [-0.15, -0.1) is 0 Å². The number of anilines is 2. The number of benzene rings is 1. The number of rotatable bonds is 1. The number of hydrogen-bond acceptors (Lipinski definition) is 4. The molecule has 4 nitrogen and oxygen atoms in total. The van der Waals surface area contributed by atoms with Gasteiger partial charge in [-0.1, -0.05) is 0 Å². The highest BCUT2D eigenvalue weighted by atomic mass is 35.5. The summed E-state index contributed by atoms with van der Waals surface area (Å²) in [6, 6.07) is 3.37. The van der Waals surface area contributed by atoms with Gasteiger partial charge >= 0.3 is 0 Å². The molecule has 0 spiro atoms. The van der Waals surface area contributed by atoms with Crippen LogP contribution in [0.5, 0.6) is 5.75 Å². The summed E-state index contributed by atoms with van der Waals surface area (Å²) in [6.45, 7) is 0.748. The Labute approximate surface area is 112 Å². The highest BCUT2D eigenvalue weighted by molar-refractivity contribution is 6.28. The van der Waals surface area contributed by atoms with Crippen molar-refractivity contribution in [2.24, 2.45) is 0 Å². The van der Waals surface area contributed by atoms with Gasteiger partial charge < -0.3 is 9.64 Å². The number of fused-ring (bicyclic) bond motifs is 1. The third-order valence-electron chi connectivity index (χ3n) is 2.74. The lowest BCUT2D eigenvalue weighted by molar-refractivity contribution is 0.309. The quantitative estimate of drug-likeness (QED) is 0.754. The Hall–Kier alpha value is -1.95. The van der Waals surface area contributed by atoms with Crippen LogP contribution in [0.4, 0.5) is 20.3 Å². The molecule has 98 valence electrons. The topological polar surface area (TPSA) is 38.2 Å². The summed E-state index contributed by atoms with van der Waals surface area (Å²) in [4.78, 5) is 9.42. The van der Waals surface area contributed by atoms with E-state index in [9.17, 15) is 8.78 Å². The summed E-state index contributed by atoms with van der Waals surface area (Å²) >= 11 is 5.74. The Morgan fingerprint density at radius 1 is 1.32 bits per heavy atom. The monoisotopic (exact) mass is 283 g/mol. The van der Waals surface area contributed by atoms with Gasteiger partial charge in [-0.05, 0) is 23.7 Å². The number of nitrogens with zero attached hydrogens (tertiary/aromatic N) is 3. The fourth-order valence-corrected chi connectivity index (χ4v) is 2.05. The third kappa shape index (κ3) is 2.19. The Balaban J connectivity index is 2.10. The average Bonchev–Trinajstić information content (AvgIpc) is 2.38. The third-order valence-corrected chi connectivity index (χ3v) is 2.92. The standard InChI is InChI=1S/C12H8ClF2N3O/c13-12-16-6-10-11(17-12)18(3-4-19-10)9-2-1-7(14)5-8(9)15/h1-2,5-6H,3-4H2. The first-order valence-electron chi connectivity index (χ1n) is 5.53. The van der Waals surface area contributed by atoms with Gasteiger partial charge in [0, 0.05) is 6.07 Å². The van der Waals surface area contributed by atoms with Crippen molar-refractivity contribution >= 4 is 23.1 Å². The van der Waals surface area contributed by atoms with Gasteiger partial charge in [0.25, 0.3) is 0 Å². The molecule has 1 aliphatic rings. The van der Waals surface area contributed by atoms with Gasteiger partial charge in [0.05, 0.1) is 18.4 Å². The number of hydrogen-bond donors (Lipinski definition) is 0. The molecular weight excluding hydrogens is 276 g/mol. The first-order valence-corrected chi connectivity index (χ1v) is 5.91. The summed E-state index contributed by atoms with van der Waals surface area (Å²) in [6.07, 6.45) is 1.43. The van der Waals surface area contributed by atoms with E-state index >= 15 is 0 Å². The van der Waals surface area contributed by atoms with E-state index in [1.54, 1.807) is 4.90 Å². The maximum atomic E-state index is 13.8. The maximum Gasteiger partial charge on any atom is 0.224 e.